The van der Waals surface area contributed by atoms with Gasteiger partial charge in [0.25, 0.3) is 5.89 Å². The van der Waals surface area contributed by atoms with Crippen LogP contribution in [0.3, 0.4) is 0 Å². The van der Waals surface area contributed by atoms with E-state index in [0.717, 1.165) is 25.2 Å². The fraction of sp³-hybridized carbons (Fsp3) is 0.545. The molecule has 2 aromatic rings. The first kappa shape index (κ1) is 10.5. The Labute approximate surface area is 98.0 Å². The van der Waals surface area contributed by atoms with Crippen LogP contribution in [0.5, 0.6) is 0 Å². The predicted octanol–water partition coefficient (Wildman–Crippen LogP) is 1.79. The highest BCUT2D eigenvalue weighted by molar-refractivity contribution is 5.48. The first-order valence-electron chi connectivity index (χ1n) is 5.72. The molecule has 0 spiro atoms. The number of hydrogen-bond acceptors (Lipinski definition) is 6. The Bertz CT molecular complexity index is 500. The van der Waals surface area contributed by atoms with Gasteiger partial charge < -0.3 is 13.7 Å². The van der Waals surface area contributed by atoms with Crippen molar-refractivity contribution in [3.05, 3.63) is 18.0 Å². The number of oxazole rings is 1. The van der Waals surface area contributed by atoms with Crippen LogP contribution in [0.25, 0.3) is 11.6 Å². The SMILES string of the molecule is CCc1ocnc1-c1nc(C2CCOC2)no1. The summed E-state index contributed by atoms with van der Waals surface area (Å²) in [5.74, 6) is 2.13. The summed E-state index contributed by atoms with van der Waals surface area (Å²) in [5.41, 5.74) is 0.644. The Hall–Kier alpha value is -1.69. The minimum atomic E-state index is 0.240. The van der Waals surface area contributed by atoms with Crippen molar-refractivity contribution in [2.45, 2.75) is 25.7 Å². The molecule has 2 aromatic heterocycles. The van der Waals surface area contributed by atoms with E-state index < -0.39 is 0 Å². The molecule has 17 heavy (non-hydrogen) atoms. The summed E-state index contributed by atoms with van der Waals surface area (Å²) in [6.45, 7) is 3.42. The van der Waals surface area contributed by atoms with E-state index in [9.17, 15) is 0 Å². The van der Waals surface area contributed by atoms with Gasteiger partial charge in [-0.3, -0.25) is 0 Å². The lowest BCUT2D eigenvalue weighted by Gasteiger charge is -1.97. The molecule has 0 aliphatic carbocycles. The van der Waals surface area contributed by atoms with Crippen LogP contribution in [0.4, 0.5) is 0 Å². The van der Waals surface area contributed by atoms with E-state index in [1.54, 1.807) is 0 Å². The third-order valence-electron chi connectivity index (χ3n) is 2.90. The van der Waals surface area contributed by atoms with Crippen LogP contribution in [0, 0.1) is 0 Å². The smallest absolute Gasteiger partial charge is 0.280 e. The number of rotatable bonds is 3. The second-order valence-electron chi connectivity index (χ2n) is 4.00. The first-order chi connectivity index (χ1) is 8.38. The van der Waals surface area contributed by atoms with E-state index in [-0.39, 0.29) is 5.92 Å². The Morgan fingerprint density at radius 2 is 2.41 bits per heavy atom. The highest BCUT2D eigenvalue weighted by atomic mass is 16.5. The zero-order valence-electron chi connectivity index (χ0n) is 9.55. The fourth-order valence-corrected chi connectivity index (χ4v) is 1.93. The summed E-state index contributed by atoms with van der Waals surface area (Å²) in [4.78, 5) is 8.47. The van der Waals surface area contributed by atoms with Gasteiger partial charge in [-0.05, 0) is 6.42 Å². The van der Waals surface area contributed by atoms with Gasteiger partial charge in [-0.15, -0.1) is 0 Å². The third kappa shape index (κ3) is 1.84. The van der Waals surface area contributed by atoms with Crippen LogP contribution >= 0.6 is 0 Å². The van der Waals surface area contributed by atoms with E-state index in [0.29, 0.717) is 24.0 Å². The lowest BCUT2D eigenvalue weighted by molar-refractivity contribution is 0.192. The Kier molecular flexibility index (Phi) is 2.64. The molecule has 90 valence electrons. The van der Waals surface area contributed by atoms with Gasteiger partial charge in [0.05, 0.1) is 6.61 Å². The molecule has 6 heteroatoms. The Balaban J connectivity index is 1.89. The van der Waals surface area contributed by atoms with Gasteiger partial charge in [0.15, 0.2) is 17.9 Å². The van der Waals surface area contributed by atoms with Crippen molar-refractivity contribution < 1.29 is 13.7 Å². The minimum absolute atomic E-state index is 0.240. The monoisotopic (exact) mass is 235 g/mol. The van der Waals surface area contributed by atoms with Gasteiger partial charge in [-0.2, -0.15) is 4.98 Å². The first-order valence-corrected chi connectivity index (χ1v) is 5.72. The third-order valence-corrected chi connectivity index (χ3v) is 2.90. The van der Waals surface area contributed by atoms with E-state index in [4.69, 9.17) is 13.7 Å². The van der Waals surface area contributed by atoms with Gasteiger partial charge in [0.2, 0.25) is 0 Å². The largest absolute Gasteiger partial charge is 0.448 e. The molecule has 0 saturated carbocycles. The molecule has 1 aliphatic rings. The van der Waals surface area contributed by atoms with Gasteiger partial charge >= 0.3 is 0 Å². The van der Waals surface area contributed by atoms with Crippen LogP contribution in [0.2, 0.25) is 0 Å². The van der Waals surface area contributed by atoms with Gasteiger partial charge in [-0.1, -0.05) is 12.1 Å². The zero-order valence-corrected chi connectivity index (χ0v) is 9.55. The molecule has 3 heterocycles. The van der Waals surface area contributed by atoms with Crippen molar-refractivity contribution in [3.8, 4) is 11.6 Å². The number of aryl methyl sites for hydroxylation is 1. The molecule has 3 rings (SSSR count). The standard InChI is InChI=1S/C11H13N3O3/c1-2-8-9(12-6-16-8)11-13-10(14-17-11)7-3-4-15-5-7/h6-7H,2-5H2,1H3. The van der Waals surface area contributed by atoms with Crippen molar-refractivity contribution in [2.75, 3.05) is 13.2 Å². The minimum Gasteiger partial charge on any atom is -0.448 e. The molecule has 1 fully saturated rings. The predicted molar refractivity (Wildman–Crippen MR) is 57.4 cm³/mol. The van der Waals surface area contributed by atoms with Crippen LogP contribution < -0.4 is 0 Å². The zero-order chi connectivity index (χ0) is 11.7. The van der Waals surface area contributed by atoms with Crippen LogP contribution in [-0.4, -0.2) is 28.3 Å². The second-order valence-corrected chi connectivity index (χ2v) is 4.00. The van der Waals surface area contributed by atoms with Gasteiger partial charge in [-0.25, -0.2) is 4.98 Å². The molecule has 1 unspecified atom stereocenters. The highest BCUT2D eigenvalue weighted by Gasteiger charge is 2.24. The maximum atomic E-state index is 5.30. The van der Waals surface area contributed by atoms with Crippen molar-refractivity contribution in [3.63, 3.8) is 0 Å². The number of hydrogen-bond donors (Lipinski definition) is 0. The molecular formula is C11H13N3O3. The Morgan fingerprint density at radius 1 is 1.47 bits per heavy atom. The van der Waals surface area contributed by atoms with E-state index in [2.05, 4.69) is 15.1 Å². The van der Waals surface area contributed by atoms with E-state index in [1.165, 1.54) is 6.39 Å². The van der Waals surface area contributed by atoms with Crippen LogP contribution in [0.1, 0.15) is 30.8 Å². The van der Waals surface area contributed by atoms with Crippen molar-refractivity contribution >= 4 is 0 Å². The molecular weight excluding hydrogens is 222 g/mol. The average molecular weight is 235 g/mol. The van der Waals surface area contributed by atoms with Gasteiger partial charge in [0, 0.05) is 18.9 Å². The Morgan fingerprint density at radius 3 is 3.18 bits per heavy atom. The van der Waals surface area contributed by atoms with Crippen LogP contribution in [0.15, 0.2) is 15.3 Å². The van der Waals surface area contributed by atoms with Crippen molar-refractivity contribution in [1.82, 2.24) is 15.1 Å². The summed E-state index contributed by atoms with van der Waals surface area (Å²) < 4.78 is 15.8. The number of ether oxygens (including phenoxy) is 1. The second kappa shape index (κ2) is 4.29. The lowest BCUT2D eigenvalue weighted by atomic mass is 10.1. The molecule has 1 atom stereocenters. The maximum Gasteiger partial charge on any atom is 0.280 e. The molecule has 0 radical (unpaired) electrons. The summed E-state index contributed by atoms with van der Waals surface area (Å²) >= 11 is 0. The lowest BCUT2D eigenvalue weighted by Crippen LogP contribution is -1.99. The van der Waals surface area contributed by atoms with E-state index in [1.807, 2.05) is 6.92 Å². The fourth-order valence-electron chi connectivity index (χ4n) is 1.93. The maximum absolute atomic E-state index is 5.30. The summed E-state index contributed by atoms with van der Waals surface area (Å²) in [5, 5.41) is 3.98. The van der Waals surface area contributed by atoms with Gasteiger partial charge in [0.1, 0.15) is 5.76 Å². The molecule has 0 aromatic carbocycles. The quantitative estimate of drug-likeness (QED) is 0.807. The molecule has 1 aliphatic heterocycles. The molecule has 0 N–H and O–H groups in total. The van der Waals surface area contributed by atoms with Crippen molar-refractivity contribution in [1.29, 1.82) is 0 Å². The average Bonchev–Trinajstić information content (AvgIpc) is 3.09. The molecule has 0 bridgehead atoms. The van der Waals surface area contributed by atoms with Crippen molar-refractivity contribution in [2.24, 2.45) is 0 Å². The highest BCUT2D eigenvalue weighted by Crippen LogP contribution is 2.26. The number of aromatic nitrogens is 3. The van der Waals surface area contributed by atoms with Crippen LogP contribution in [-0.2, 0) is 11.2 Å². The number of nitrogens with zero attached hydrogens (tertiary/aromatic N) is 3. The molecule has 1 saturated heterocycles. The summed E-state index contributed by atoms with van der Waals surface area (Å²) in [7, 11) is 0. The summed E-state index contributed by atoms with van der Waals surface area (Å²) in [6.07, 6.45) is 3.09. The topological polar surface area (TPSA) is 74.2 Å². The summed E-state index contributed by atoms with van der Waals surface area (Å²) in [6, 6.07) is 0. The van der Waals surface area contributed by atoms with E-state index >= 15 is 0 Å². The normalized spacial score (nSPS) is 19.9. The molecule has 6 nitrogen and oxygen atoms in total. The molecule has 0 amide bonds.